The van der Waals surface area contributed by atoms with E-state index in [0.29, 0.717) is 5.92 Å². The fourth-order valence-electron chi connectivity index (χ4n) is 1.85. The number of hydrogen-bond acceptors (Lipinski definition) is 1. The van der Waals surface area contributed by atoms with Crippen LogP contribution in [-0.2, 0) is 4.74 Å². The molecule has 0 saturated carbocycles. The van der Waals surface area contributed by atoms with Crippen LogP contribution in [-0.4, -0.2) is 7.11 Å². The second-order valence-electron chi connectivity index (χ2n) is 3.50. The van der Waals surface area contributed by atoms with E-state index in [1.54, 1.807) is 7.11 Å². The van der Waals surface area contributed by atoms with Crippen molar-refractivity contribution in [3.05, 3.63) is 47.3 Å². The average molecular weight is 174 g/mol. The van der Waals surface area contributed by atoms with Crippen LogP contribution in [0.2, 0.25) is 0 Å². The van der Waals surface area contributed by atoms with Crippen molar-refractivity contribution in [3.63, 3.8) is 0 Å². The van der Waals surface area contributed by atoms with E-state index in [1.165, 1.54) is 11.1 Å². The van der Waals surface area contributed by atoms with Crippen molar-refractivity contribution in [2.24, 2.45) is 5.92 Å². The minimum absolute atomic E-state index is 0.531. The molecular weight excluding hydrogens is 160 g/mol. The first-order valence-electron chi connectivity index (χ1n) is 4.62. The molecule has 13 heavy (non-hydrogen) atoms. The Morgan fingerprint density at radius 1 is 1.46 bits per heavy atom. The number of ether oxygens (including phenoxy) is 1. The van der Waals surface area contributed by atoms with Crippen LogP contribution in [0, 0.1) is 5.92 Å². The topological polar surface area (TPSA) is 9.23 Å². The summed E-state index contributed by atoms with van der Waals surface area (Å²) in [5, 5.41) is 0. The first-order valence-corrected chi connectivity index (χ1v) is 4.62. The Balaban J connectivity index is 2.34. The molecule has 0 aromatic heterocycles. The molecule has 2 aliphatic carbocycles. The molecule has 0 spiro atoms. The summed E-state index contributed by atoms with van der Waals surface area (Å²) in [6.45, 7) is 2.09. The third kappa shape index (κ3) is 1.46. The van der Waals surface area contributed by atoms with Gasteiger partial charge in [0.25, 0.3) is 0 Å². The van der Waals surface area contributed by atoms with Gasteiger partial charge in [-0.1, -0.05) is 24.3 Å². The predicted molar refractivity (Wildman–Crippen MR) is 54.2 cm³/mol. The van der Waals surface area contributed by atoms with E-state index in [0.717, 1.165) is 12.2 Å². The summed E-state index contributed by atoms with van der Waals surface area (Å²) in [5.41, 5.74) is 2.63. The van der Waals surface area contributed by atoms with E-state index in [1.807, 2.05) is 0 Å². The Labute approximate surface area is 79.1 Å². The van der Waals surface area contributed by atoms with Crippen molar-refractivity contribution in [3.8, 4) is 0 Å². The predicted octanol–water partition coefficient (Wildman–Crippen LogP) is 2.98. The SMILES string of the molecule is COC1=CC2CC=CC=C2C=C1C. The second-order valence-corrected chi connectivity index (χ2v) is 3.50. The molecule has 0 amide bonds. The molecule has 2 aliphatic rings. The molecule has 0 heterocycles. The molecular formula is C12H14O. The molecule has 1 nitrogen and oxygen atoms in total. The fourth-order valence-corrected chi connectivity index (χ4v) is 1.85. The van der Waals surface area contributed by atoms with E-state index in [2.05, 4.69) is 37.3 Å². The highest BCUT2D eigenvalue weighted by Gasteiger charge is 2.18. The van der Waals surface area contributed by atoms with Crippen molar-refractivity contribution in [1.29, 1.82) is 0 Å². The van der Waals surface area contributed by atoms with Crippen LogP contribution in [0.25, 0.3) is 0 Å². The highest BCUT2D eigenvalue weighted by molar-refractivity contribution is 5.44. The molecule has 0 aromatic rings. The van der Waals surface area contributed by atoms with E-state index in [-0.39, 0.29) is 0 Å². The van der Waals surface area contributed by atoms with Crippen LogP contribution in [0.3, 0.4) is 0 Å². The molecule has 2 rings (SSSR count). The van der Waals surface area contributed by atoms with Gasteiger partial charge in [-0.2, -0.15) is 0 Å². The normalized spacial score (nSPS) is 25.7. The van der Waals surface area contributed by atoms with Crippen LogP contribution in [0.4, 0.5) is 0 Å². The molecule has 0 N–H and O–H groups in total. The highest BCUT2D eigenvalue weighted by atomic mass is 16.5. The summed E-state index contributed by atoms with van der Waals surface area (Å²) >= 11 is 0. The maximum absolute atomic E-state index is 5.29. The molecule has 0 radical (unpaired) electrons. The zero-order chi connectivity index (χ0) is 9.26. The van der Waals surface area contributed by atoms with Gasteiger partial charge in [0, 0.05) is 5.92 Å². The van der Waals surface area contributed by atoms with Crippen LogP contribution >= 0.6 is 0 Å². The Hall–Kier alpha value is -1.24. The molecule has 0 aliphatic heterocycles. The van der Waals surface area contributed by atoms with Crippen LogP contribution in [0.1, 0.15) is 13.3 Å². The summed E-state index contributed by atoms with van der Waals surface area (Å²) in [6, 6.07) is 0. The van der Waals surface area contributed by atoms with Gasteiger partial charge < -0.3 is 4.74 Å². The van der Waals surface area contributed by atoms with E-state index in [4.69, 9.17) is 4.74 Å². The highest BCUT2D eigenvalue weighted by Crippen LogP contribution is 2.31. The van der Waals surface area contributed by atoms with Gasteiger partial charge in [-0.3, -0.25) is 0 Å². The summed E-state index contributed by atoms with van der Waals surface area (Å²) in [5.74, 6) is 1.56. The Bertz CT molecular complexity index is 329. The van der Waals surface area contributed by atoms with E-state index < -0.39 is 0 Å². The lowest BCUT2D eigenvalue weighted by molar-refractivity contribution is 0.295. The third-order valence-corrected chi connectivity index (χ3v) is 2.59. The fraction of sp³-hybridized carbons (Fsp3) is 0.333. The van der Waals surface area contributed by atoms with Gasteiger partial charge in [-0.25, -0.2) is 0 Å². The molecule has 1 unspecified atom stereocenters. The van der Waals surface area contributed by atoms with Crippen LogP contribution < -0.4 is 0 Å². The first kappa shape index (κ1) is 8.36. The monoisotopic (exact) mass is 174 g/mol. The van der Waals surface area contributed by atoms with Crippen molar-refractivity contribution < 1.29 is 4.74 Å². The quantitative estimate of drug-likeness (QED) is 0.593. The molecule has 0 aromatic carbocycles. The molecule has 1 atom stereocenters. The number of fused-ring (bicyclic) bond motifs is 1. The summed E-state index contributed by atoms with van der Waals surface area (Å²) < 4.78 is 5.29. The summed E-state index contributed by atoms with van der Waals surface area (Å²) in [7, 11) is 1.73. The second kappa shape index (κ2) is 3.25. The summed E-state index contributed by atoms with van der Waals surface area (Å²) in [6.07, 6.45) is 12.0. The first-order chi connectivity index (χ1) is 6.31. The smallest absolute Gasteiger partial charge is 0.118 e. The van der Waals surface area contributed by atoms with Crippen molar-refractivity contribution in [1.82, 2.24) is 0 Å². The Kier molecular flexibility index (Phi) is 2.09. The summed E-state index contributed by atoms with van der Waals surface area (Å²) in [4.78, 5) is 0. The van der Waals surface area contributed by atoms with Crippen LogP contribution in [0.5, 0.6) is 0 Å². The number of rotatable bonds is 1. The third-order valence-electron chi connectivity index (χ3n) is 2.59. The minimum atomic E-state index is 0.531. The molecule has 1 heteroatoms. The lowest BCUT2D eigenvalue weighted by atomic mass is 9.85. The zero-order valence-corrected chi connectivity index (χ0v) is 8.08. The lowest BCUT2D eigenvalue weighted by Crippen LogP contribution is -2.08. The largest absolute Gasteiger partial charge is 0.497 e. The molecule has 0 bridgehead atoms. The van der Waals surface area contributed by atoms with Gasteiger partial charge in [-0.15, -0.1) is 0 Å². The van der Waals surface area contributed by atoms with Gasteiger partial charge in [0.15, 0.2) is 0 Å². The number of allylic oxidation sites excluding steroid dienone is 7. The van der Waals surface area contributed by atoms with E-state index in [9.17, 15) is 0 Å². The van der Waals surface area contributed by atoms with Crippen molar-refractivity contribution in [2.75, 3.05) is 7.11 Å². The lowest BCUT2D eigenvalue weighted by Gasteiger charge is -2.22. The van der Waals surface area contributed by atoms with Gasteiger partial charge >= 0.3 is 0 Å². The van der Waals surface area contributed by atoms with Gasteiger partial charge in [-0.05, 0) is 30.6 Å². The maximum Gasteiger partial charge on any atom is 0.118 e. The van der Waals surface area contributed by atoms with Crippen LogP contribution in [0.15, 0.2) is 47.3 Å². The van der Waals surface area contributed by atoms with Gasteiger partial charge in [0.1, 0.15) is 5.76 Å². The molecule has 0 fully saturated rings. The number of methoxy groups -OCH3 is 1. The molecule has 0 saturated heterocycles. The van der Waals surface area contributed by atoms with E-state index >= 15 is 0 Å². The van der Waals surface area contributed by atoms with Gasteiger partial charge in [0.05, 0.1) is 7.11 Å². The number of hydrogen-bond donors (Lipinski definition) is 0. The van der Waals surface area contributed by atoms with Gasteiger partial charge in [0.2, 0.25) is 0 Å². The molecule has 68 valence electrons. The maximum atomic E-state index is 5.29. The Morgan fingerprint density at radius 2 is 2.31 bits per heavy atom. The Morgan fingerprint density at radius 3 is 3.08 bits per heavy atom. The zero-order valence-electron chi connectivity index (χ0n) is 8.08. The minimum Gasteiger partial charge on any atom is -0.497 e. The standard InChI is InChI=1S/C12H14O/c1-9-7-10-5-3-4-6-11(10)8-12(9)13-2/h3-5,7-8,11H,6H2,1-2H3. The van der Waals surface area contributed by atoms with Crippen molar-refractivity contribution >= 4 is 0 Å². The average Bonchev–Trinajstić information content (AvgIpc) is 2.17. The van der Waals surface area contributed by atoms with Crippen molar-refractivity contribution in [2.45, 2.75) is 13.3 Å².